The molecule has 0 aliphatic heterocycles. The number of unbranched alkanes of at least 4 members (excludes halogenated alkanes) is 2. The van der Waals surface area contributed by atoms with Crippen LogP contribution < -0.4 is 11.2 Å². The van der Waals surface area contributed by atoms with Crippen LogP contribution in [0.2, 0.25) is 0 Å². The molecule has 1 aromatic heterocycles. The maximum absolute atomic E-state index is 11.0. The molecule has 0 bridgehead atoms. The Balaban J connectivity index is 2.61. The molecule has 0 aromatic carbocycles. The van der Waals surface area contributed by atoms with Crippen LogP contribution in [0.3, 0.4) is 0 Å². The van der Waals surface area contributed by atoms with E-state index in [-0.39, 0.29) is 5.43 Å². The van der Waals surface area contributed by atoms with E-state index in [0.29, 0.717) is 5.82 Å². The van der Waals surface area contributed by atoms with Gasteiger partial charge in [0.05, 0.1) is 0 Å². The molecule has 0 spiro atoms. The molecule has 1 rings (SSSR count). The summed E-state index contributed by atoms with van der Waals surface area (Å²) in [5.74, 6) is 0.457. The van der Waals surface area contributed by atoms with E-state index in [9.17, 15) is 4.79 Å². The van der Waals surface area contributed by atoms with E-state index in [1.165, 1.54) is 18.9 Å². The van der Waals surface area contributed by atoms with Crippen molar-refractivity contribution in [2.75, 3.05) is 5.73 Å². The minimum absolute atomic E-state index is 0.0113. The number of nitrogens with one attached hydrogen (secondary N) is 1. The lowest BCUT2D eigenvalue weighted by Crippen LogP contribution is -2.06. The van der Waals surface area contributed by atoms with Gasteiger partial charge in [0.2, 0.25) is 0 Å². The summed E-state index contributed by atoms with van der Waals surface area (Å²) < 4.78 is 0. The second-order valence-electron chi connectivity index (χ2n) is 3.25. The number of nitrogens with two attached hydrogens (primary N) is 1. The van der Waals surface area contributed by atoms with Crippen molar-refractivity contribution in [3.63, 3.8) is 0 Å². The summed E-state index contributed by atoms with van der Waals surface area (Å²) in [7, 11) is 0. The molecule has 3 nitrogen and oxygen atoms in total. The highest BCUT2D eigenvalue weighted by molar-refractivity contribution is 5.28. The molecule has 0 aliphatic carbocycles. The van der Waals surface area contributed by atoms with Crippen molar-refractivity contribution in [2.45, 2.75) is 32.6 Å². The molecule has 1 heterocycles. The first kappa shape index (κ1) is 9.84. The number of nitrogen functional groups attached to an aromatic ring is 1. The van der Waals surface area contributed by atoms with Crippen LogP contribution in [-0.2, 0) is 6.42 Å². The number of rotatable bonds is 4. The molecule has 3 heteroatoms. The highest BCUT2D eigenvalue weighted by Crippen LogP contribution is 2.03. The van der Waals surface area contributed by atoms with Gasteiger partial charge in [0.25, 0.3) is 0 Å². The van der Waals surface area contributed by atoms with E-state index in [2.05, 4.69) is 11.9 Å². The van der Waals surface area contributed by atoms with Crippen LogP contribution in [0.4, 0.5) is 5.82 Å². The Morgan fingerprint density at radius 2 is 2.15 bits per heavy atom. The van der Waals surface area contributed by atoms with Crippen LogP contribution in [-0.4, -0.2) is 4.98 Å². The van der Waals surface area contributed by atoms with Gasteiger partial charge < -0.3 is 10.7 Å². The normalized spacial score (nSPS) is 10.2. The summed E-state index contributed by atoms with van der Waals surface area (Å²) in [6.07, 6.45) is 4.40. The first-order valence-corrected chi connectivity index (χ1v) is 4.71. The Hall–Kier alpha value is -1.25. The number of anilines is 1. The zero-order valence-electron chi connectivity index (χ0n) is 7.97. The van der Waals surface area contributed by atoms with Gasteiger partial charge in [0.1, 0.15) is 5.82 Å². The van der Waals surface area contributed by atoms with Crippen molar-refractivity contribution in [3.05, 3.63) is 28.0 Å². The van der Waals surface area contributed by atoms with Crippen molar-refractivity contribution in [3.8, 4) is 0 Å². The van der Waals surface area contributed by atoms with Crippen molar-refractivity contribution in [1.29, 1.82) is 0 Å². The number of hydrogen-bond donors (Lipinski definition) is 2. The summed E-state index contributed by atoms with van der Waals surface area (Å²) in [6.45, 7) is 2.15. The SMILES string of the molecule is CCCCCc1cc(=O)cc(N)[nH]1. The van der Waals surface area contributed by atoms with Gasteiger partial charge in [-0.25, -0.2) is 0 Å². The van der Waals surface area contributed by atoms with E-state index in [1.54, 1.807) is 6.07 Å². The predicted molar refractivity (Wildman–Crippen MR) is 54.7 cm³/mol. The van der Waals surface area contributed by atoms with E-state index >= 15 is 0 Å². The molecular formula is C10H16N2O. The molecule has 0 atom stereocenters. The Morgan fingerprint density at radius 3 is 2.77 bits per heavy atom. The first-order valence-electron chi connectivity index (χ1n) is 4.71. The van der Waals surface area contributed by atoms with Crippen LogP contribution in [0.5, 0.6) is 0 Å². The molecular weight excluding hydrogens is 164 g/mol. The van der Waals surface area contributed by atoms with Gasteiger partial charge in [-0.05, 0) is 12.8 Å². The summed E-state index contributed by atoms with van der Waals surface area (Å²) in [5.41, 5.74) is 6.44. The molecule has 0 radical (unpaired) electrons. The van der Waals surface area contributed by atoms with Gasteiger partial charge >= 0.3 is 0 Å². The van der Waals surface area contributed by atoms with Crippen LogP contribution in [0, 0.1) is 0 Å². The molecule has 0 aliphatic rings. The van der Waals surface area contributed by atoms with E-state index in [4.69, 9.17) is 5.73 Å². The number of aryl methyl sites for hydroxylation is 1. The molecule has 0 saturated heterocycles. The van der Waals surface area contributed by atoms with Crippen molar-refractivity contribution < 1.29 is 0 Å². The summed E-state index contributed by atoms with van der Waals surface area (Å²) in [4.78, 5) is 14.0. The smallest absolute Gasteiger partial charge is 0.183 e. The Morgan fingerprint density at radius 1 is 1.38 bits per heavy atom. The molecule has 0 amide bonds. The third kappa shape index (κ3) is 3.32. The van der Waals surface area contributed by atoms with Gasteiger partial charge in [-0.15, -0.1) is 0 Å². The summed E-state index contributed by atoms with van der Waals surface area (Å²) in [6, 6.07) is 3.02. The minimum atomic E-state index is -0.0113. The maximum atomic E-state index is 11.0. The molecule has 3 N–H and O–H groups in total. The van der Waals surface area contributed by atoms with Gasteiger partial charge in [-0.2, -0.15) is 0 Å². The van der Waals surface area contributed by atoms with Crippen molar-refractivity contribution in [1.82, 2.24) is 4.98 Å². The lowest BCUT2D eigenvalue weighted by Gasteiger charge is -2.01. The summed E-state index contributed by atoms with van der Waals surface area (Å²) in [5, 5.41) is 0. The van der Waals surface area contributed by atoms with Gasteiger partial charge in [-0.1, -0.05) is 19.8 Å². The van der Waals surface area contributed by atoms with Crippen molar-refractivity contribution >= 4 is 5.82 Å². The number of aromatic amines is 1. The van der Waals surface area contributed by atoms with E-state index in [1.807, 2.05) is 0 Å². The minimum Gasteiger partial charge on any atom is -0.385 e. The lowest BCUT2D eigenvalue weighted by molar-refractivity contribution is 0.707. The number of aromatic nitrogens is 1. The van der Waals surface area contributed by atoms with Crippen LogP contribution >= 0.6 is 0 Å². The largest absolute Gasteiger partial charge is 0.385 e. The first-order chi connectivity index (χ1) is 6.22. The Kier molecular flexibility index (Phi) is 3.55. The molecule has 0 unspecified atom stereocenters. The third-order valence-corrected chi connectivity index (χ3v) is 1.97. The number of pyridine rings is 1. The quantitative estimate of drug-likeness (QED) is 0.693. The van der Waals surface area contributed by atoms with Crippen LogP contribution in [0.1, 0.15) is 31.9 Å². The fourth-order valence-corrected chi connectivity index (χ4v) is 1.32. The third-order valence-electron chi connectivity index (χ3n) is 1.97. The van der Waals surface area contributed by atoms with Crippen LogP contribution in [0.15, 0.2) is 16.9 Å². The fraction of sp³-hybridized carbons (Fsp3) is 0.500. The van der Waals surface area contributed by atoms with E-state index < -0.39 is 0 Å². The molecule has 1 aromatic rings. The maximum Gasteiger partial charge on any atom is 0.183 e. The fourth-order valence-electron chi connectivity index (χ4n) is 1.32. The Bertz CT molecular complexity index is 317. The van der Waals surface area contributed by atoms with Crippen molar-refractivity contribution in [2.24, 2.45) is 0 Å². The summed E-state index contributed by atoms with van der Waals surface area (Å²) >= 11 is 0. The van der Waals surface area contributed by atoms with E-state index in [0.717, 1.165) is 18.5 Å². The van der Waals surface area contributed by atoms with Gasteiger partial charge in [0, 0.05) is 17.8 Å². The second-order valence-corrected chi connectivity index (χ2v) is 3.25. The average molecular weight is 180 g/mol. The molecule has 13 heavy (non-hydrogen) atoms. The standard InChI is InChI=1S/C10H16N2O/c1-2-3-4-5-8-6-9(13)7-10(11)12-8/h6-7H,2-5H2,1H3,(H3,11,12,13). The second kappa shape index (κ2) is 4.70. The molecule has 72 valence electrons. The number of hydrogen-bond acceptors (Lipinski definition) is 2. The number of H-pyrrole nitrogens is 1. The monoisotopic (exact) mass is 180 g/mol. The lowest BCUT2D eigenvalue weighted by atomic mass is 10.1. The van der Waals surface area contributed by atoms with Gasteiger partial charge in [0.15, 0.2) is 5.43 Å². The average Bonchev–Trinajstić information content (AvgIpc) is 2.03. The zero-order valence-corrected chi connectivity index (χ0v) is 7.97. The molecule has 0 fully saturated rings. The zero-order chi connectivity index (χ0) is 9.68. The highest BCUT2D eigenvalue weighted by Gasteiger charge is 1.96. The molecule has 0 saturated carbocycles. The Labute approximate surface area is 78.0 Å². The topological polar surface area (TPSA) is 58.9 Å². The predicted octanol–water partition coefficient (Wildman–Crippen LogP) is 1.69. The van der Waals surface area contributed by atoms with Crippen LogP contribution in [0.25, 0.3) is 0 Å². The highest BCUT2D eigenvalue weighted by atomic mass is 16.1. The van der Waals surface area contributed by atoms with Gasteiger partial charge in [-0.3, -0.25) is 4.79 Å².